The van der Waals surface area contributed by atoms with Crippen LogP contribution in [0.1, 0.15) is 55.7 Å². The van der Waals surface area contributed by atoms with Crippen molar-refractivity contribution in [2.45, 2.75) is 71.5 Å². The molecule has 172 valence electrons. The first kappa shape index (κ1) is 24.1. The Bertz CT molecular complexity index is 940. The van der Waals surface area contributed by atoms with Crippen LogP contribution in [-0.2, 0) is 16.1 Å². The molecule has 1 unspecified atom stereocenters. The van der Waals surface area contributed by atoms with Crippen molar-refractivity contribution in [2.75, 3.05) is 6.61 Å². The van der Waals surface area contributed by atoms with Crippen LogP contribution in [0, 0.1) is 13.8 Å². The van der Waals surface area contributed by atoms with E-state index in [2.05, 4.69) is 5.32 Å². The maximum Gasteiger partial charge on any atom is 0.261 e. The third kappa shape index (κ3) is 6.49. The predicted octanol–water partition coefficient (Wildman–Crippen LogP) is 5.20. The Kier molecular flexibility index (Phi) is 8.57. The standard InChI is InChI=1S/C26H33ClN2O3/c1-18-13-14-19(2)24(15-18)32-17-25(30)29(16-21-9-7-8-12-23(21)27)20(3)26(31)28-22-10-5-4-6-11-22/h7-9,12-15,20,22H,4-6,10-11,16-17H2,1-3H3,(H,28,31). The Morgan fingerprint density at radius 2 is 1.84 bits per heavy atom. The number of benzene rings is 2. The van der Waals surface area contributed by atoms with Crippen LogP contribution in [-0.4, -0.2) is 35.4 Å². The summed E-state index contributed by atoms with van der Waals surface area (Å²) in [6, 6.07) is 12.8. The topological polar surface area (TPSA) is 58.6 Å². The normalized spacial score (nSPS) is 15.1. The van der Waals surface area contributed by atoms with E-state index in [9.17, 15) is 9.59 Å². The molecule has 1 saturated carbocycles. The smallest absolute Gasteiger partial charge is 0.261 e. The third-order valence-electron chi connectivity index (χ3n) is 6.11. The first-order valence-corrected chi connectivity index (χ1v) is 11.8. The van der Waals surface area contributed by atoms with Gasteiger partial charge in [-0.1, -0.05) is 61.2 Å². The van der Waals surface area contributed by atoms with Crippen molar-refractivity contribution in [3.8, 4) is 5.75 Å². The van der Waals surface area contributed by atoms with Crippen molar-refractivity contribution in [3.05, 3.63) is 64.2 Å². The molecule has 0 spiro atoms. The summed E-state index contributed by atoms with van der Waals surface area (Å²) >= 11 is 6.35. The lowest BCUT2D eigenvalue weighted by molar-refractivity contribution is -0.142. The van der Waals surface area contributed by atoms with Gasteiger partial charge in [0.1, 0.15) is 11.8 Å². The molecule has 0 bridgehead atoms. The molecule has 0 aliphatic heterocycles. The Hall–Kier alpha value is -2.53. The van der Waals surface area contributed by atoms with E-state index in [1.807, 2.05) is 50.2 Å². The Labute approximate surface area is 196 Å². The number of nitrogens with zero attached hydrogens (tertiary/aromatic N) is 1. The highest BCUT2D eigenvalue weighted by Gasteiger charge is 2.29. The second-order valence-electron chi connectivity index (χ2n) is 8.69. The van der Waals surface area contributed by atoms with Crippen LogP contribution in [0.15, 0.2) is 42.5 Å². The number of hydrogen-bond acceptors (Lipinski definition) is 3. The molecule has 1 aliphatic rings. The molecule has 0 heterocycles. The number of aryl methyl sites for hydroxylation is 2. The second-order valence-corrected chi connectivity index (χ2v) is 9.10. The molecule has 3 rings (SSSR count). The molecular formula is C26H33ClN2O3. The summed E-state index contributed by atoms with van der Waals surface area (Å²) in [4.78, 5) is 27.8. The lowest BCUT2D eigenvalue weighted by Gasteiger charge is -2.31. The lowest BCUT2D eigenvalue weighted by atomic mass is 9.95. The van der Waals surface area contributed by atoms with Crippen molar-refractivity contribution < 1.29 is 14.3 Å². The minimum Gasteiger partial charge on any atom is -0.483 e. The Balaban J connectivity index is 1.74. The van der Waals surface area contributed by atoms with Gasteiger partial charge >= 0.3 is 0 Å². The summed E-state index contributed by atoms with van der Waals surface area (Å²) in [7, 11) is 0. The number of amides is 2. The van der Waals surface area contributed by atoms with E-state index in [4.69, 9.17) is 16.3 Å². The van der Waals surface area contributed by atoms with E-state index >= 15 is 0 Å². The van der Waals surface area contributed by atoms with Crippen LogP contribution in [0.25, 0.3) is 0 Å². The van der Waals surface area contributed by atoms with Crippen LogP contribution in [0.5, 0.6) is 5.75 Å². The van der Waals surface area contributed by atoms with Crippen LogP contribution in [0.4, 0.5) is 0 Å². The molecule has 32 heavy (non-hydrogen) atoms. The average Bonchev–Trinajstić information content (AvgIpc) is 2.79. The lowest BCUT2D eigenvalue weighted by Crippen LogP contribution is -2.51. The maximum atomic E-state index is 13.2. The summed E-state index contributed by atoms with van der Waals surface area (Å²) in [6.45, 7) is 5.80. The molecule has 0 radical (unpaired) electrons. The number of hydrogen-bond donors (Lipinski definition) is 1. The van der Waals surface area contributed by atoms with Gasteiger partial charge in [-0.05, 0) is 62.4 Å². The van der Waals surface area contributed by atoms with Gasteiger partial charge in [-0.15, -0.1) is 0 Å². The minimum atomic E-state index is -0.636. The van der Waals surface area contributed by atoms with Crippen LogP contribution in [0.2, 0.25) is 5.02 Å². The van der Waals surface area contributed by atoms with Gasteiger partial charge < -0.3 is 15.0 Å². The van der Waals surface area contributed by atoms with E-state index in [1.165, 1.54) is 6.42 Å². The quantitative estimate of drug-likeness (QED) is 0.593. The number of rotatable bonds is 8. The van der Waals surface area contributed by atoms with Crippen molar-refractivity contribution in [2.24, 2.45) is 0 Å². The predicted molar refractivity (Wildman–Crippen MR) is 128 cm³/mol. The molecule has 1 atom stereocenters. The van der Waals surface area contributed by atoms with Crippen molar-refractivity contribution in [1.82, 2.24) is 10.2 Å². The highest BCUT2D eigenvalue weighted by molar-refractivity contribution is 6.31. The highest BCUT2D eigenvalue weighted by atomic mass is 35.5. The first-order chi connectivity index (χ1) is 15.3. The molecule has 2 amide bonds. The van der Waals surface area contributed by atoms with Crippen molar-refractivity contribution in [3.63, 3.8) is 0 Å². The summed E-state index contributed by atoms with van der Waals surface area (Å²) in [5.41, 5.74) is 2.82. The fraction of sp³-hybridized carbons (Fsp3) is 0.462. The van der Waals surface area contributed by atoms with E-state index in [1.54, 1.807) is 17.9 Å². The number of carbonyl (C=O) groups excluding carboxylic acids is 2. The highest BCUT2D eigenvalue weighted by Crippen LogP contribution is 2.22. The number of carbonyl (C=O) groups is 2. The Morgan fingerprint density at radius 1 is 1.12 bits per heavy atom. The summed E-state index contributed by atoms with van der Waals surface area (Å²) in [5, 5.41) is 3.71. The summed E-state index contributed by atoms with van der Waals surface area (Å²) < 4.78 is 5.85. The SMILES string of the molecule is Cc1ccc(C)c(OCC(=O)N(Cc2ccccc2Cl)C(C)C(=O)NC2CCCCC2)c1. The van der Waals surface area contributed by atoms with E-state index < -0.39 is 6.04 Å². The molecular weight excluding hydrogens is 424 g/mol. The zero-order valence-corrected chi connectivity index (χ0v) is 20.0. The van der Waals surface area contributed by atoms with Crippen LogP contribution >= 0.6 is 11.6 Å². The van der Waals surface area contributed by atoms with Gasteiger partial charge in [0.15, 0.2) is 6.61 Å². The van der Waals surface area contributed by atoms with Crippen molar-refractivity contribution >= 4 is 23.4 Å². The summed E-state index contributed by atoms with van der Waals surface area (Å²) in [5.74, 6) is 0.288. The van der Waals surface area contributed by atoms with E-state index in [0.717, 1.165) is 42.4 Å². The minimum absolute atomic E-state index is 0.135. The fourth-order valence-electron chi connectivity index (χ4n) is 4.05. The van der Waals surface area contributed by atoms with Gasteiger partial charge in [-0.2, -0.15) is 0 Å². The zero-order valence-electron chi connectivity index (χ0n) is 19.2. The molecule has 5 nitrogen and oxygen atoms in total. The summed E-state index contributed by atoms with van der Waals surface area (Å²) in [6.07, 6.45) is 5.46. The molecule has 2 aromatic rings. The van der Waals surface area contributed by atoms with Gasteiger partial charge in [-0.3, -0.25) is 9.59 Å². The van der Waals surface area contributed by atoms with E-state index in [-0.39, 0.29) is 31.0 Å². The number of ether oxygens (including phenoxy) is 1. The fourth-order valence-corrected chi connectivity index (χ4v) is 4.24. The monoisotopic (exact) mass is 456 g/mol. The number of halogens is 1. The molecule has 0 aromatic heterocycles. The van der Waals surface area contributed by atoms with Gasteiger partial charge in [0, 0.05) is 17.6 Å². The largest absolute Gasteiger partial charge is 0.483 e. The molecule has 0 saturated heterocycles. The first-order valence-electron chi connectivity index (χ1n) is 11.4. The zero-order chi connectivity index (χ0) is 23.1. The molecule has 1 N–H and O–H groups in total. The van der Waals surface area contributed by atoms with Gasteiger partial charge in [0.05, 0.1) is 0 Å². The van der Waals surface area contributed by atoms with Crippen LogP contribution in [0.3, 0.4) is 0 Å². The van der Waals surface area contributed by atoms with Crippen molar-refractivity contribution in [1.29, 1.82) is 0 Å². The Morgan fingerprint density at radius 3 is 2.56 bits per heavy atom. The second kappa shape index (κ2) is 11.4. The maximum absolute atomic E-state index is 13.2. The molecule has 6 heteroatoms. The number of nitrogens with one attached hydrogen (secondary N) is 1. The molecule has 1 fully saturated rings. The average molecular weight is 457 g/mol. The van der Waals surface area contributed by atoms with Gasteiger partial charge in [0.2, 0.25) is 5.91 Å². The molecule has 1 aliphatic carbocycles. The van der Waals surface area contributed by atoms with E-state index in [0.29, 0.717) is 10.8 Å². The van der Waals surface area contributed by atoms with Crippen LogP contribution < -0.4 is 10.1 Å². The third-order valence-corrected chi connectivity index (χ3v) is 6.48. The molecule has 2 aromatic carbocycles. The van der Waals surface area contributed by atoms with Gasteiger partial charge in [0.25, 0.3) is 5.91 Å². The van der Waals surface area contributed by atoms with Gasteiger partial charge in [-0.25, -0.2) is 0 Å².